The van der Waals surface area contributed by atoms with Crippen LogP contribution in [-0.4, -0.2) is 20.1 Å². The molecule has 0 bridgehead atoms. The standard InChI is InChI=1S/C4H6Br2N4/c5-1-3(6)10-2-8-4(7)9-10/h2-3H,1H2,(H2,7,9). The molecule has 0 amide bonds. The predicted molar refractivity (Wildman–Crippen MR) is 46.2 cm³/mol. The molecule has 1 aromatic heterocycles. The van der Waals surface area contributed by atoms with Crippen molar-refractivity contribution in [2.24, 2.45) is 0 Å². The van der Waals surface area contributed by atoms with E-state index >= 15 is 0 Å². The normalized spacial score (nSPS) is 13.4. The van der Waals surface area contributed by atoms with Crippen molar-refractivity contribution >= 4 is 37.8 Å². The molecular weight excluding hydrogens is 264 g/mol. The summed E-state index contributed by atoms with van der Waals surface area (Å²) in [5, 5.41) is 4.66. The van der Waals surface area contributed by atoms with Crippen LogP contribution in [0.15, 0.2) is 6.33 Å². The SMILES string of the molecule is Nc1ncn(C(Br)CBr)n1. The van der Waals surface area contributed by atoms with Gasteiger partial charge in [0.05, 0.1) is 0 Å². The maximum Gasteiger partial charge on any atom is 0.239 e. The van der Waals surface area contributed by atoms with Crippen molar-refractivity contribution in [3.63, 3.8) is 0 Å². The maximum absolute atomic E-state index is 5.29. The lowest BCUT2D eigenvalue weighted by Gasteiger charge is -2.02. The lowest BCUT2D eigenvalue weighted by atomic mass is 10.8. The zero-order valence-electron chi connectivity index (χ0n) is 5.04. The fourth-order valence-corrected chi connectivity index (χ4v) is 0.988. The molecule has 1 aromatic rings. The van der Waals surface area contributed by atoms with Gasteiger partial charge >= 0.3 is 0 Å². The molecule has 0 aliphatic carbocycles. The highest BCUT2D eigenvalue weighted by molar-refractivity contribution is 9.11. The highest BCUT2D eigenvalue weighted by Crippen LogP contribution is 2.15. The van der Waals surface area contributed by atoms with Crippen LogP contribution in [0, 0.1) is 0 Å². The number of nitrogens with two attached hydrogens (primary N) is 1. The van der Waals surface area contributed by atoms with E-state index in [9.17, 15) is 0 Å². The van der Waals surface area contributed by atoms with Gasteiger partial charge in [-0.3, -0.25) is 0 Å². The smallest absolute Gasteiger partial charge is 0.239 e. The molecule has 0 aliphatic rings. The Morgan fingerprint density at radius 1 is 1.80 bits per heavy atom. The minimum Gasteiger partial charge on any atom is -0.367 e. The Hall–Kier alpha value is -0.100. The Bertz CT molecular complexity index is 211. The molecule has 56 valence electrons. The average Bonchev–Trinajstić information content (AvgIpc) is 2.34. The van der Waals surface area contributed by atoms with E-state index in [-0.39, 0.29) is 4.95 Å². The van der Waals surface area contributed by atoms with E-state index in [0.29, 0.717) is 5.95 Å². The number of alkyl halides is 2. The zero-order chi connectivity index (χ0) is 7.56. The number of nitrogens with zero attached hydrogens (tertiary/aromatic N) is 3. The van der Waals surface area contributed by atoms with Gasteiger partial charge in [0.25, 0.3) is 0 Å². The van der Waals surface area contributed by atoms with E-state index in [0.717, 1.165) is 5.33 Å². The number of hydrogen-bond acceptors (Lipinski definition) is 3. The quantitative estimate of drug-likeness (QED) is 0.820. The Morgan fingerprint density at radius 2 is 2.50 bits per heavy atom. The third kappa shape index (κ3) is 1.69. The van der Waals surface area contributed by atoms with Crippen LogP contribution in [0.3, 0.4) is 0 Å². The van der Waals surface area contributed by atoms with Crippen LogP contribution < -0.4 is 5.73 Å². The Kier molecular flexibility index (Phi) is 2.67. The summed E-state index contributed by atoms with van der Waals surface area (Å²) in [6, 6.07) is 0. The molecule has 0 aliphatic heterocycles. The van der Waals surface area contributed by atoms with E-state index in [4.69, 9.17) is 5.73 Å². The van der Waals surface area contributed by atoms with Gasteiger partial charge in [-0.1, -0.05) is 31.9 Å². The molecule has 0 radical (unpaired) electrons. The van der Waals surface area contributed by atoms with Gasteiger partial charge in [-0.25, -0.2) is 9.67 Å². The lowest BCUT2D eigenvalue weighted by molar-refractivity contribution is 0.662. The lowest BCUT2D eigenvalue weighted by Crippen LogP contribution is -2.03. The van der Waals surface area contributed by atoms with Crippen molar-refractivity contribution in [2.75, 3.05) is 11.1 Å². The number of halogens is 2. The van der Waals surface area contributed by atoms with Crippen LogP contribution in [0.25, 0.3) is 0 Å². The number of nitrogen functional groups attached to an aromatic ring is 1. The topological polar surface area (TPSA) is 56.7 Å². The van der Waals surface area contributed by atoms with E-state index in [2.05, 4.69) is 41.9 Å². The highest BCUT2D eigenvalue weighted by Gasteiger charge is 2.04. The molecule has 1 rings (SSSR count). The van der Waals surface area contributed by atoms with Crippen molar-refractivity contribution < 1.29 is 0 Å². The first-order chi connectivity index (χ1) is 4.74. The molecule has 0 fully saturated rings. The Labute approximate surface area is 75.1 Å². The van der Waals surface area contributed by atoms with E-state index in [1.807, 2.05) is 0 Å². The number of aromatic nitrogens is 3. The molecule has 0 spiro atoms. The molecule has 1 unspecified atom stereocenters. The van der Waals surface area contributed by atoms with Gasteiger partial charge in [-0.2, -0.15) is 0 Å². The van der Waals surface area contributed by atoms with Crippen molar-refractivity contribution in [2.45, 2.75) is 4.95 Å². The molecule has 4 nitrogen and oxygen atoms in total. The van der Waals surface area contributed by atoms with Crippen LogP contribution in [0.2, 0.25) is 0 Å². The van der Waals surface area contributed by atoms with Gasteiger partial charge < -0.3 is 5.73 Å². The van der Waals surface area contributed by atoms with Crippen molar-refractivity contribution in [1.29, 1.82) is 0 Å². The molecule has 1 heterocycles. The summed E-state index contributed by atoms with van der Waals surface area (Å²) in [7, 11) is 0. The molecule has 6 heteroatoms. The van der Waals surface area contributed by atoms with Crippen molar-refractivity contribution in [3.8, 4) is 0 Å². The second-order valence-corrected chi connectivity index (χ2v) is 3.38. The van der Waals surface area contributed by atoms with Gasteiger partial charge in [-0.05, 0) is 0 Å². The average molecular weight is 270 g/mol. The van der Waals surface area contributed by atoms with Gasteiger partial charge in [0, 0.05) is 5.33 Å². The van der Waals surface area contributed by atoms with Crippen LogP contribution in [0.5, 0.6) is 0 Å². The first kappa shape index (κ1) is 8.00. The van der Waals surface area contributed by atoms with E-state index in [1.54, 1.807) is 11.0 Å². The molecular formula is C4H6Br2N4. The maximum atomic E-state index is 5.29. The molecule has 2 N–H and O–H groups in total. The van der Waals surface area contributed by atoms with Crippen molar-refractivity contribution in [1.82, 2.24) is 14.8 Å². The molecule has 0 saturated heterocycles. The second-order valence-electron chi connectivity index (χ2n) is 1.67. The summed E-state index contributed by atoms with van der Waals surface area (Å²) in [6.07, 6.45) is 1.58. The highest BCUT2D eigenvalue weighted by atomic mass is 79.9. The third-order valence-electron chi connectivity index (χ3n) is 0.941. The molecule has 1 atom stereocenters. The van der Waals surface area contributed by atoms with Gasteiger partial charge in [0.1, 0.15) is 11.3 Å². The summed E-state index contributed by atoms with van der Waals surface area (Å²) in [4.78, 5) is 3.89. The largest absolute Gasteiger partial charge is 0.367 e. The van der Waals surface area contributed by atoms with Gasteiger partial charge in [0.15, 0.2) is 0 Å². The Balaban J connectivity index is 2.74. The zero-order valence-corrected chi connectivity index (χ0v) is 8.21. The second kappa shape index (κ2) is 3.34. The van der Waals surface area contributed by atoms with Crippen LogP contribution in [0.1, 0.15) is 4.95 Å². The van der Waals surface area contributed by atoms with Crippen LogP contribution in [0.4, 0.5) is 5.95 Å². The summed E-state index contributed by atoms with van der Waals surface area (Å²) in [6.45, 7) is 0. The third-order valence-corrected chi connectivity index (χ3v) is 3.17. The summed E-state index contributed by atoms with van der Waals surface area (Å²) in [5.74, 6) is 0.297. The molecule has 0 aromatic carbocycles. The summed E-state index contributed by atoms with van der Waals surface area (Å²) in [5.41, 5.74) is 5.29. The van der Waals surface area contributed by atoms with Crippen molar-refractivity contribution in [3.05, 3.63) is 6.33 Å². The fourth-order valence-electron chi connectivity index (χ4n) is 0.494. The summed E-state index contributed by atoms with van der Waals surface area (Å²) >= 11 is 6.64. The van der Waals surface area contributed by atoms with E-state index < -0.39 is 0 Å². The molecule has 0 saturated carbocycles. The number of rotatable bonds is 2. The molecule has 10 heavy (non-hydrogen) atoms. The predicted octanol–water partition coefficient (Wildman–Crippen LogP) is 1.15. The fraction of sp³-hybridized carbons (Fsp3) is 0.500. The van der Waals surface area contributed by atoms with Crippen LogP contribution in [-0.2, 0) is 0 Å². The van der Waals surface area contributed by atoms with Gasteiger partial charge in [-0.15, -0.1) is 5.10 Å². The minimum atomic E-state index is 0.122. The first-order valence-corrected chi connectivity index (χ1v) is 4.64. The van der Waals surface area contributed by atoms with Gasteiger partial charge in [0.2, 0.25) is 5.95 Å². The van der Waals surface area contributed by atoms with Crippen LogP contribution >= 0.6 is 31.9 Å². The first-order valence-electron chi connectivity index (χ1n) is 2.60. The number of anilines is 1. The minimum absolute atomic E-state index is 0.122. The Morgan fingerprint density at radius 3 is 2.90 bits per heavy atom. The van der Waals surface area contributed by atoms with E-state index in [1.165, 1.54) is 0 Å². The monoisotopic (exact) mass is 268 g/mol. The number of hydrogen-bond donors (Lipinski definition) is 1. The summed E-state index contributed by atoms with van der Waals surface area (Å²) < 4.78 is 1.64.